The van der Waals surface area contributed by atoms with Crippen molar-refractivity contribution in [3.8, 4) is 5.69 Å². The van der Waals surface area contributed by atoms with Crippen LogP contribution < -0.4 is 5.32 Å². The van der Waals surface area contributed by atoms with E-state index in [-0.39, 0.29) is 0 Å². The second-order valence-electron chi connectivity index (χ2n) is 5.51. The molecule has 1 N–H and O–H groups in total. The van der Waals surface area contributed by atoms with E-state index >= 15 is 0 Å². The zero-order valence-corrected chi connectivity index (χ0v) is 12.5. The van der Waals surface area contributed by atoms with Crippen LogP contribution in [0, 0.1) is 5.92 Å². The predicted octanol–water partition coefficient (Wildman–Crippen LogP) is 1.66. The molecular formula is C14H22N6. The third kappa shape index (κ3) is 3.54. The number of anilines is 1. The third-order valence-electron chi connectivity index (χ3n) is 3.15. The molecule has 0 saturated carbocycles. The number of benzene rings is 1. The molecule has 0 aliphatic heterocycles. The number of rotatable bonds is 6. The van der Waals surface area contributed by atoms with E-state index in [1.54, 1.807) is 4.68 Å². The Morgan fingerprint density at radius 3 is 2.50 bits per heavy atom. The van der Waals surface area contributed by atoms with Crippen molar-refractivity contribution in [3.63, 3.8) is 0 Å². The van der Waals surface area contributed by atoms with Gasteiger partial charge in [0.25, 0.3) is 0 Å². The topological polar surface area (TPSA) is 58.9 Å². The van der Waals surface area contributed by atoms with Crippen LogP contribution in [0.3, 0.4) is 0 Å². The van der Waals surface area contributed by atoms with Crippen LogP contribution in [0.4, 0.5) is 5.95 Å². The van der Waals surface area contributed by atoms with Gasteiger partial charge in [0.15, 0.2) is 0 Å². The van der Waals surface area contributed by atoms with Gasteiger partial charge in [0, 0.05) is 12.6 Å². The summed E-state index contributed by atoms with van der Waals surface area (Å²) in [5.74, 6) is 1.16. The lowest BCUT2D eigenvalue weighted by molar-refractivity contribution is 0.343. The summed E-state index contributed by atoms with van der Waals surface area (Å²) in [7, 11) is 4.13. The lowest BCUT2D eigenvalue weighted by Gasteiger charge is -2.25. The molecule has 0 spiro atoms. The lowest BCUT2D eigenvalue weighted by atomic mass is 10.0. The molecule has 0 bridgehead atoms. The molecule has 2 rings (SSSR count). The molecule has 1 aromatic carbocycles. The molecule has 20 heavy (non-hydrogen) atoms. The van der Waals surface area contributed by atoms with Gasteiger partial charge in [-0.2, -0.15) is 4.68 Å². The van der Waals surface area contributed by atoms with Gasteiger partial charge in [0.2, 0.25) is 5.95 Å². The fourth-order valence-corrected chi connectivity index (χ4v) is 2.00. The summed E-state index contributed by atoms with van der Waals surface area (Å²) in [4.78, 5) is 2.16. The normalized spacial score (nSPS) is 12.9. The summed E-state index contributed by atoms with van der Waals surface area (Å²) in [5.41, 5.74) is 0.951. The van der Waals surface area contributed by atoms with Gasteiger partial charge in [-0.25, -0.2) is 0 Å². The maximum Gasteiger partial charge on any atom is 0.248 e. The minimum absolute atomic E-state index is 0.290. The molecule has 1 heterocycles. The summed E-state index contributed by atoms with van der Waals surface area (Å²) in [6, 6.07) is 10.2. The number of hydrogen-bond donors (Lipinski definition) is 1. The van der Waals surface area contributed by atoms with Gasteiger partial charge in [-0.15, -0.1) is 0 Å². The van der Waals surface area contributed by atoms with E-state index in [0.29, 0.717) is 17.9 Å². The molecule has 0 aliphatic carbocycles. The first kappa shape index (κ1) is 14.5. The number of hydrogen-bond acceptors (Lipinski definition) is 5. The van der Waals surface area contributed by atoms with E-state index in [4.69, 9.17) is 0 Å². The van der Waals surface area contributed by atoms with Crippen molar-refractivity contribution in [2.24, 2.45) is 5.92 Å². The van der Waals surface area contributed by atoms with E-state index in [0.717, 1.165) is 12.2 Å². The van der Waals surface area contributed by atoms with Crippen molar-refractivity contribution in [1.82, 2.24) is 25.1 Å². The Morgan fingerprint density at radius 1 is 1.20 bits per heavy atom. The molecule has 0 fully saturated rings. The van der Waals surface area contributed by atoms with Gasteiger partial charge in [-0.05, 0) is 42.6 Å². The molecule has 1 unspecified atom stereocenters. The predicted molar refractivity (Wildman–Crippen MR) is 80.0 cm³/mol. The van der Waals surface area contributed by atoms with Crippen LogP contribution in [0.1, 0.15) is 13.8 Å². The quantitative estimate of drug-likeness (QED) is 0.868. The first-order chi connectivity index (χ1) is 9.58. The number of aromatic nitrogens is 4. The van der Waals surface area contributed by atoms with Gasteiger partial charge >= 0.3 is 0 Å². The van der Waals surface area contributed by atoms with E-state index in [9.17, 15) is 0 Å². The molecule has 1 aromatic heterocycles. The van der Waals surface area contributed by atoms with Crippen molar-refractivity contribution in [2.45, 2.75) is 19.9 Å². The van der Waals surface area contributed by atoms with Gasteiger partial charge in [-0.1, -0.05) is 37.1 Å². The highest BCUT2D eigenvalue weighted by Crippen LogP contribution is 2.14. The number of nitrogens with zero attached hydrogens (tertiary/aromatic N) is 5. The molecule has 0 radical (unpaired) electrons. The van der Waals surface area contributed by atoms with Crippen molar-refractivity contribution < 1.29 is 0 Å². The standard InChI is InChI=1S/C14H22N6/c1-11(2)13(10-19(3)4)15-14-16-17-18-20(14)12-8-6-5-7-9-12/h5-9,11,13H,10H2,1-4H3,(H,15,16,18). The van der Waals surface area contributed by atoms with Crippen LogP contribution >= 0.6 is 0 Å². The second-order valence-corrected chi connectivity index (χ2v) is 5.51. The number of nitrogens with one attached hydrogen (secondary N) is 1. The summed E-state index contributed by atoms with van der Waals surface area (Å²) in [6.07, 6.45) is 0. The highest BCUT2D eigenvalue weighted by atomic mass is 15.6. The van der Waals surface area contributed by atoms with Gasteiger partial charge in [0.05, 0.1) is 5.69 Å². The summed E-state index contributed by atoms with van der Waals surface area (Å²) in [6.45, 7) is 5.31. The first-order valence-corrected chi connectivity index (χ1v) is 6.83. The fourth-order valence-electron chi connectivity index (χ4n) is 2.00. The minimum Gasteiger partial charge on any atom is -0.348 e. The first-order valence-electron chi connectivity index (χ1n) is 6.83. The highest BCUT2D eigenvalue weighted by molar-refractivity contribution is 5.39. The highest BCUT2D eigenvalue weighted by Gasteiger charge is 2.18. The average Bonchev–Trinajstić information content (AvgIpc) is 2.86. The smallest absolute Gasteiger partial charge is 0.248 e. The zero-order chi connectivity index (χ0) is 14.5. The van der Waals surface area contributed by atoms with Crippen molar-refractivity contribution in [3.05, 3.63) is 30.3 Å². The molecule has 0 saturated heterocycles. The second kappa shape index (κ2) is 6.47. The van der Waals surface area contributed by atoms with E-state index in [1.807, 2.05) is 30.3 Å². The molecule has 6 heteroatoms. The van der Waals surface area contributed by atoms with Crippen molar-refractivity contribution >= 4 is 5.95 Å². The number of tetrazole rings is 1. The van der Waals surface area contributed by atoms with Crippen LogP contribution in [0.2, 0.25) is 0 Å². The summed E-state index contributed by atoms with van der Waals surface area (Å²) >= 11 is 0. The molecule has 108 valence electrons. The minimum atomic E-state index is 0.290. The van der Waals surface area contributed by atoms with Crippen molar-refractivity contribution in [1.29, 1.82) is 0 Å². The SMILES string of the molecule is CC(C)C(CN(C)C)Nc1nnnn1-c1ccccc1. The fraction of sp³-hybridized carbons (Fsp3) is 0.500. The van der Waals surface area contributed by atoms with Crippen LogP contribution in [0.15, 0.2) is 30.3 Å². The largest absolute Gasteiger partial charge is 0.348 e. The molecule has 6 nitrogen and oxygen atoms in total. The molecule has 0 amide bonds. The summed E-state index contributed by atoms with van der Waals surface area (Å²) < 4.78 is 1.73. The van der Waals surface area contributed by atoms with Gasteiger partial charge < -0.3 is 10.2 Å². The molecule has 1 atom stereocenters. The Labute approximate surface area is 119 Å². The Morgan fingerprint density at radius 2 is 1.90 bits per heavy atom. The van der Waals surface area contributed by atoms with Crippen molar-refractivity contribution in [2.75, 3.05) is 26.0 Å². The van der Waals surface area contributed by atoms with Crippen LogP contribution in [-0.4, -0.2) is 51.8 Å². The lowest BCUT2D eigenvalue weighted by Crippen LogP contribution is -2.37. The van der Waals surface area contributed by atoms with Gasteiger partial charge in [-0.3, -0.25) is 0 Å². The zero-order valence-electron chi connectivity index (χ0n) is 12.5. The third-order valence-corrected chi connectivity index (χ3v) is 3.15. The van der Waals surface area contributed by atoms with E-state index in [2.05, 4.69) is 53.7 Å². The summed E-state index contributed by atoms with van der Waals surface area (Å²) in [5, 5.41) is 15.4. The molecular weight excluding hydrogens is 252 g/mol. The number of likely N-dealkylation sites (N-methyl/N-ethyl adjacent to an activating group) is 1. The molecule has 0 aliphatic rings. The Balaban J connectivity index is 2.19. The Kier molecular flexibility index (Phi) is 4.68. The van der Waals surface area contributed by atoms with E-state index < -0.39 is 0 Å². The van der Waals surface area contributed by atoms with E-state index in [1.165, 1.54) is 0 Å². The van der Waals surface area contributed by atoms with Crippen LogP contribution in [0.25, 0.3) is 5.69 Å². The average molecular weight is 274 g/mol. The maximum atomic E-state index is 4.09. The maximum absolute atomic E-state index is 4.09. The Hall–Kier alpha value is -1.95. The van der Waals surface area contributed by atoms with Crippen LogP contribution in [0.5, 0.6) is 0 Å². The van der Waals surface area contributed by atoms with Gasteiger partial charge in [0.1, 0.15) is 0 Å². The van der Waals surface area contributed by atoms with Crippen LogP contribution in [-0.2, 0) is 0 Å². The molecule has 2 aromatic rings. The number of para-hydroxylation sites is 1. The Bertz CT molecular complexity index is 519. The monoisotopic (exact) mass is 274 g/mol.